The van der Waals surface area contributed by atoms with Crippen molar-refractivity contribution in [2.45, 2.75) is 57.6 Å². The zero-order chi connectivity index (χ0) is 13.8. The minimum atomic E-state index is -0.411. The van der Waals surface area contributed by atoms with Gasteiger partial charge < -0.3 is 14.9 Å². The summed E-state index contributed by atoms with van der Waals surface area (Å²) in [6, 6.07) is 0.611. The predicted octanol–water partition coefficient (Wildman–Crippen LogP) is 1.48. The van der Waals surface area contributed by atoms with Gasteiger partial charge in [0.2, 0.25) is 5.91 Å². The number of aliphatic hydroxyl groups is 1. The minimum Gasteiger partial charge on any atom is -0.390 e. The van der Waals surface area contributed by atoms with Crippen molar-refractivity contribution in [2.75, 3.05) is 26.7 Å². The van der Waals surface area contributed by atoms with E-state index in [0.717, 1.165) is 18.9 Å². The van der Waals surface area contributed by atoms with Crippen LogP contribution in [0.15, 0.2) is 0 Å². The van der Waals surface area contributed by atoms with Gasteiger partial charge >= 0.3 is 0 Å². The van der Waals surface area contributed by atoms with Crippen LogP contribution in [0.2, 0.25) is 0 Å². The van der Waals surface area contributed by atoms with Gasteiger partial charge in [-0.15, -0.1) is 0 Å². The summed E-state index contributed by atoms with van der Waals surface area (Å²) >= 11 is 0. The molecule has 2 aliphatic rings. The van der Waals surface area contributed by atoms with Gasteiger partial charge in [-0.05, 0) is 45.1 Å². The first-order valence-electron chi connectivity index (χ1n) is 7.72. The highest BCUT2D eigenvalue weighted by atomic mass is 16.3. The van der Waals surface area contributed by atoms with Crippen molar-refractivity contribution in [1.29, 1.82) is 0 Å². The molecule has 0 aromatic rings. The lowest BCUT2D eigenvalue weighted by molar-refractivity contribution is -0.129. The Kier molecular flexibility index (Phi) is 5.22. The van der Waals surface area contributed by atoms with Gasteiger partial charge in [0.05, 0.1) is 6.10 Å². The van der Waals surface area contributed by atoms with Crippen molar-refractivity contribution in [2.24, 2.45) is 5.92 Å². The molecule has 0 spiro atoms. The first-order chi connectivity index (χ1) is 9.06. The second-order valence-corrected chi connectivity index (χ2v) is 6.45. The molecule has 110 valence electrons. The van der Waals surface area contributed by atoms with E-state index in [1.165, 1.54) is 25.7 Å². The van der Waals surface area contributed by atoms with Crippen molar-refractivity contribution in [3.05, 3.63) is 0 Å². The third-order valence-corrected chi connectivity index (χ3v) is 4.71. The van der Waals surface area contributed by atoms with Crippen LogP contribution in [0.1, 0.15) is 45.4 Å². The summed E-state index contributed by atoms with van der Waals surface area (Å²) in [7, 11) is 2.11. The van der Waals surface area contributed by atoms with E-state index in [-0.39, 0.29) is 5.91 Å². The van der Waals surface area contributed by atoms with Crippen LogP contribution in [0.3, 0.4) is 0 Å². The van der Waals surface area contributed by atoms with Crippen molar-refractivity contribution in [3.8, 4) is 0 Å². The molecular weight excluding hydrogens is 240 g/mol. The second-order valence-electron chi connectivity index (χ2n) is 6.45. The van der Waals surface area contributed by atoms with E-state index in [1.807, 2.05) is 0 Å². The molecule has 1 heterocycles. The van der Waals surface area contributed by atoms with Crippen LogP contribution in [0.4, 0.5) is 0 Å². The number of amides is 1. The SMILES string of the molecule is CC1CCC(N(C)CC(O)CN2CCCC2=O)CC1. The number of likely N-dealkylation sites (N-methyl/N-ethyl adjacent to an activating group) is 1. The van der Waals surface area contributed by atoms with Gasteiger partial charge in [0, 0.05) is 32.1 Å². The summed E-state index contributed by atoms with van der Waals surface area (Å²) < 4.78 is 0. The molecule has 1 unspecified atom stereocenters. The van der Waals surface area contributed by atoms with Gasteiger partial charge in [-0.2, -0.15) is 0 Å². The molecule has 19 heavy (non-hydrogen) atoms. The highest BCUT2D eigenvalue weighted by molar-refractivity contribution is 5.78. The quantitative estimate of drug-likeness (QED) is 0.821. The Morgan fingerprint density at radius 1 is 1.37 bits per heavy atom. The molecule has 0 aromatic carbocycles. The van der Waals surface area contributed by atoms with Gasteiger partial charge in [0.25, 0.3) is 0 Å². The fourth-order valence-corrected chi connectivity index (χ4v) is 3.37. The Hall–Kier alpha value is -0.610. The predicted molar refractivity (Wildman–Crippen MR) is 75.9 cm³/mol. The number of β-amino-alcohol motifs (C(OH)–C–C–N with tert-alkyl or cyclic N) is 1. The first-order valence-corrected chi connectivity index (χ1v) is 7.72. The van der Waals surface area contributed by atoms with Crippen LogP contribution in [-0.4, -0.2) is 59.6 Å². The maximum absolute atomic E-state index is 11.5. The zero-order valence-electron chi connectivity index (χ0n) is 12.3. The van der Waals surface area contributed by atoms with Crippen molar-refractivity contribution in [1.82, 2.24) is 9.80 Å². The summed E-state index contributed by atoms with van der Waals surface area (Å²) in [4.78, 5) is 15.6. The molecule has 1 saturated heterocycles. The molecule has 0 radical (unpaired) electrons. The van der Waals surface area contributed by atoms with Gasteiger partial charge in [-0.25, -0.2) is 0 Å². The van der Waals surface area contributed by atoms with Crippen LogP contribution in [-0.2, 0) is 4.79 Å². The van der Waals surface area contributed by atoms with Gasteiger partial charge in [-0.1, -0.05) is 6.92 Å². The van der Waals surface area contributed by atoms with Crippen molar-refractivity contribution >= 4 is 5.91 Å². The molecule has 0 bridgehead atoms. The number of carbonyl (C=O) groups excluding carboxylic acids is 1. The van der Waals surface area contributed by atoms with E-state index in [9.17, 15) is 9.90 Å². The summed E-state index contributed by atoms with van der Waals surface area (Å²) in [6.45, 7) is 4.33. The molecule has 1 N–H and O–H groups in total. The lowest BCUT2D eigenvalue weighted by Gasteiger charge is -2.35. The summed E-state index contributed by atoms with van der Waals surface area (Å²) in [5, 5.41) is 10.1. The van der Waals surface area contributed by atoms with E-state index in [2.05, 4.69) is 18.9 Å². The van der Waals surface area contributed by atoms with Crippen LogP contribution < -0.4 is 0 Å². The summed E-state index contributed by atoms with van der Waals surface area (Å²) in [5.41, 5.74) is 0. The molecule has 1 aliphatic carbocycles. The van der Waals surface area contributed by atoms with Crippen LogP contribution in [0.25, 0.3) is 0 Å². The molecule has 4 nitrogen and oxygen atoms in total. The zero-order valence-corrected chi connectivity index (χ0v) is 12.3. The van der Waals surface area contributed by atoms with E-state index in [1.54, 1.807) is 4.90 Å². The number of rotatable bonds is 5. The molecule has 1 atom stereocenters. The lowest BCUT2D eigenvalue weighted by Crippen LogP contribution is -2.44. The minimum absolute atomic E-state index is 0.202. The van der Waals surface area contributed by atoms with E-state index in [0.29, 0.717) is 25.6 Å². The number of aliphatic hydroxyl groups excluding tert-OH is 1. The smallest absolute Gasteiger partial charge is 0.222 e. The maximum atomic E-state index is 11.5. The molecule has 0 aromatic heterocycles. The molecular formula is C15H28N2O2. The Morgan fingerprint density at radius 2 is 2.05 bits per heavy atom. The van der Waals surface area contributed by atoms with Crippen molar-refractivity contribution in [3.63, 3.8) is 0 Å². The molecule has 1 saturated carbocycles. The monoisotopic (exact) mass is 268 g/mol. The third-order valence-electron chi connectivity index (χ3n) is 4.71. The number of carbonyl (C=O) groups is 1. The average molecular weight is 268 g/mol. The highest BCUT2D eigenvalue weighted by Gasteiger charge is 2.26. The molecule has 2 fully saturated rings. The topological polar surface area (TPSA) is 43.8 Å². The maximum Gasteiger partial charge on any atom is 0.222 e. The largest absolute Gasteiger partial charge is 0.390 e. The Balaban J connectivity index is 1.72. The Bertz CT molecular complexity index is 301. The number of hydrogen-bond acceptors (Lipinski definition) is 3. The standard InChI is InChI=1S/C15H28N2O2/c1-12-5-7-13(8-6-12)16(2)10-14(18)11-17-9-3-4-15(17)19/h12-14,18H,3-11H2,1-2H3. The third kappa shape index (κ3) is 4.18. The van der Waals surface area contributed by atoms with Gasteiger partial charge in [0.1, 0.15) is 0 Å². The fourth-order valence-electron chi connectivity index (χ4n) is 3.37. The second kappa shape index (κ2) is 6.71. The molecule has 1 aliphatic heterocycles. The fraction of sp³-hybridized carbons (Fsp3) is 0.933. The van der Waals surface area contributed by atoms with Crippen LogP contribution in [0, 0.1) is 5.92 Å². The van der Waals surface area contributed by atoms with Gasteiger partial charge in [-0.3, -0.25) is 4.79 Å². The Morgan fingerprint density at radius 3 is 2.63 bits per heavy atom. The summed E-state index contributed by atoms with van der Waals surface area (Å²) in [5.74, 6) is 1.06. The number of hydrogen-bond donors (Lipinski definition) is 1. The van der Waals surface area contributed by atoms with E-state index >= 15 is 0 Å². The molecule has 2 rings (SSSR count). The average Bonchev–Trinajstić information content (AvgIpc) is 2.75. The van der Waals surface area contributed by atoms with Crippen LogP contribution in [0.5, 0.6) is 0 Å². The van der Waals surface area contributed by atoms with E-state index in [4.69, 9.17) is 0 Å². The van der Waals surface area contributed by atoms with E-state index < -0.39 is 6.10 Å². The highest BCUT2D eigenvalue weighted by Crippen LogP contribution is 2.26. The lowest BCUT2D eigenvalue weighted by atomic mass is 9.86. The normalized spacial score (nSPS) is 30.1. The molecule has 4 heteroatoms. The van der Waals surface area contributed by atoms with Crippen molar-refractivity contribution < 1.29 is 9.90 Å². The molecule has 1 amide bonds. The summed E-state index contributed by atoms with van der Waals surface area (Å²) in [6.07, 6.45) is 6.28. The first kappa shape index (κ1) is 14.8. The number of likely N-dealkylation sites (tertiary alicyclic amines) is 1. The van der Waals surface area contributed by atoms with Gasteiger partial charge in [0.15, 0.2) is 0 Å². The Labute approximate surface area is 116 Å². The van der Waals surface area contributed by atoms with Crippen LogP contribution >= 0.6 is 0 Å². The number of nitrogens with zero attached hydrogens (tertiary/aromatic N) is 2.